The summed E-state index contributed by atoms with van der Waals surface area (Å²) in [7, 11) is 0. The van der Waals surface area contributed by atoms with Crippen LogP contribution in [0.15, 0.2) is 0 Å². The first-order chi connectivity index (χ1) is 9.56. The second-order valence-corrected chi connectivity index (χ2v) is 9.04. The summed E-state index contributed by atoms with van der Waals surface area (Å²) in [4.78, 5) is 0. The lowest BCUT2D eigenvalue weighted by Gasteiger charge is -2.60. The van der Waals surface area contributed by atoms with E-state index >= 15 is 0 Å². The van der Waals surface area contributed by atoms with Crippen molar-refractivity contribution < 1.29 is 5.11 Å². The zero-order valence-corrected chi connectivity index (χ0v) is 13.4. The molecule has 1 N–H and O–H groups in total. The van der Waals surface area contributed by atoms with Crippen LogP contribution in [0.1, 0.15) is 78.1 Å². The molecule has 0 aromatic heterocycles. The van der Waals surface area contributed by atoms with Crippen LogP contribution < -0.4 is 0 Å². The molecule has 7 atom stereocenters. The third-order valence-electron chi connectivity index (χ3n) is 8.53. The van der Waals surface area contributed by atoms with Crippen molar-refractivity contribution >= 4 is 0 Å². The molecule has 4 aliphatic rings. The van der Waals surface area contributed by atoms with Gasteiger partial charge in [-0.05, 0) is 85.9 Å². The Morgan fingerprint density at radius 2 is 1.55 bits per heavy atom. The second-order valence-electron chi connectivity index (χ2n) is 9.04. The van der Waals surface area contributed by atoms with Crippen LogP contribution in [-0.4, -0.2) is 11.2 Å². The minimum absolute atomic E-state index is 0.00895. The molecule has 4 rings (SSSR count). The fraction of sp³-hybridized carbons (Fsp3) is 1.00. The summed E-state index contributed by atoms with van der Waals surface area (Å²) in [6, 6.07) is 0. The molecule has 0 heterocycles. The molecule has 0 aliphatic heterocycles. The van der Waals surface area contributed by atoms with E-state index in [4.69, 9.17) is 0 Å². The van der Waals surface area contributed by atoms with Crippen LogP contribution >= 0.6 is 0 Å². The maximum atomic E-state index is 10.5. The molecular formula is C19H32O. The Bertz CT molecular complexity index is 391. The predicted octanol–water partition coefficient (Wildman–Crippen LogP) is 4.78. The standard InChI is InChI=1S/C19H32O/c1-18-11-4-3-5-13(18)6-7-14-15-8-9-17(20)19(15,2)12-10-16(14)18/h13-17,20H,3-12H2,1-2H3/t13-,14-,15+,16-,17-,18-,19-/m0/s1. The summed E-state index contributed by atoms with van der Waals surface area (Å²) >= 11 is 0. The highest BCUT2D eigenvalue weighted by atomic mass is 16.3. The predicted molar refractivity (Wildman–Crippen MR) is 82.4 cm³/mol. The van der Waals surface area contributed by atoms with E-state index in [-0.39, 0.29) is 11.5 Å². The lowest BCUT2D eigenvalue weighted by atomic mass is 9.45. The summed E-state index contributed by atoms with van der Waals surface area (Å²) in [6.07, 6.45) is 14.0. The van der Waals surface area contributed by atoms with Gasteiger partial charge in [0.25, 0.3) is 0 Å². The van der Waals surface area contributed by atoms with Gasteiger partial charge < -0.3 is 5.11 Å². The summed E-state index contributed by atoms with van der Waals surface area (Å²) in [5.74, 6) is 3.76. The molecule has 0 bridgehead atoms. The van der Waals surface area contributed by atoms with E-state index in [1.54, 1.807) is 0 Å². The van der Waals surface area contributed by atoms with Crippen LogP contribution in [0.4, 0.5) is 0 Å². The lowest BCUT2D eigenvalue weighted by Crippen LogP contribution is -2.53. The van der Waals surface area contributed by atoms with Crippen molar-refractivity contribution in [3.8, 4) is 0 Å². The van der Waals surface area contributed by atoms with Gasteiger partial charge in [0.1, 0.15) is 0 Å². The minimum atomic E-state index is -0.00895. The lowest BCUT2D eigenvalue weighted by molar-refractivity contribution is -0.120. The minimum Gasteiger partial charge on any atom is -0.393 e. The van der Waals surface area contributed by atoms with Crippen molar-refractivity contribution in [3.63, 3.8) is 0 Å². The van der Waals surface area contributed by atoms with Gasteiger partial charge in [-0.2, -0.15) is 0 Å². The van der Waals surface area contributed by atoms with Crippen LogP contribution in [0.2, 0.25) is 0 Å². The number of hydrogen-bond acceptors (Lipinski definition) is 1. The molecule has 0 unspecified atom stereocenters. The van der Waals surface area contributed by atoms with Crippen LogP contribution in [0.5, 0.6) is 0 Å². The Morgan fingerprint density at radius 1 is 0.750 bits per heavy atom. The molecule has 0 aromatic rings. The Labute approximate surface area is 124 Å². The second kappa shape index (κ2) is 4.48. The van der Waals surface area contributed by atoms with Crippen molar-refractivity contribution in [1.29, 1.82) is 0 Å². The maximum Gasteiger partial charge on any atom is 0.0596 e. The molecule has 4 aliphatic carbocycles. The Hall–Kier alpha value is -0.0400. The van der Waals surface area contributed by atoms with Gasteiger partial charge in [-0.15, -0.1) is 0 Å². The normalized spacial score (nSPS) is 58.6. The number of aliphatic hydroxyl groups is 1. The van der Waals surface area contributed by atoms with E-state index in [0.29, 0.717) is 5.41 Å². The van der Waals surface area contributed by atoms with Gasteiger partial charge in [-0.1, -0.05) is 26.7 Å². The highest BCUT2D eigenvalue weighted by molar-refractivity contribution is 5.08. The van der Waals surface area contributed by atoms with Gasteiger partial charge in [-0.3, -0.25) is 0 Å². The van der Waals surface area contributed by atoms with E-state index in [9.17, 15) is 5.11 Å². The first kappa shape index (κ1) is 13.6. The van der Waals surface area contributed by atoms with Crippen molar-refractivity contribution in [3.05, 3.63) is 0 Å². The topological polar surface area (TPSA) is 20.2 Å². The van der Waals surface area contributed by atoms with Crippen molar-refractivity contribution in [1.82, 2.24) is 0 Å². The van der Waals surface area contributed by atoms with Gasteiger partial charge in [0.05, 0.1) is 6.10 Å². The van der Waals surface area contributed by atoms with E-state index in [0.717, 1.165) is 30.1 Å². The van der Waals surface area contributed by atoms with Crippen molar-refractivity contribution in [2.75, 3.05) is 0 Å². The Morgan fingerprint density at radius 3 is 2.40 bits per heavy atom. The molecule has 1 nitrogen and oxygen atoms in total. The van der Waals surface area contributed by atoms with Crippen LogP contribution in [0.25, 0.3) is 0 Å². The smallest absolute Gasteiger partial charge is 0.0596 e. The molecule has 0 radical (unpaired) electrons. The number of aliphatic hydroxyl groups excluding tert-OH is 1. The summed E-state index contributed by atoms with van der Waals surface area (Å²) in [6.45, 7) is 5.04. The van der Waals surface area contributed by atoms with E-state index in [1.165, 1.54) is 57.8 Å². The number of rotatable bonds is 0. The fourth-order valence-corrected chi connectivity index (χ4v) is 7.27. The molecule has 0 spiro atoms. The first-order valence-corrected chi connectivity index (χ1v) is 9.24. The third kappa shape index (κ3) is 1.65. The Kier molecular flexibility index (Phi) is 3.05. The van der Waals surface area contributed by atoms with E-state index in [2.05, 4.69) is 13.8 Å². The molecule has 114 valence electrons. The first-order valence-electron chi connectivity index (χ1n) is 9.24. The quantitative estimate of drug-likeness (QED) is 0.675. The highest BCUT2D eigenvalue weighted by Crippen LogP contribution is 2.66. The van der Waals surface area contributed by atoms with Crippen molar-refractivity contribution in [2.24, 2.45) is 34.5 Å². The van der Waals surface area contributed by atoms with Gasteiger partial charge in [0.15, 0.2) is 0 Å². The van der Waals surface area contributed by atoms with Gasteiger partial charge >= 0.3 is 0 Å². The molecule has 4 saturated carbocycles. The summed E-state index contributed by atoms with van der Waals surface area (Å²) in [5.41, 5.74) is 0.912. The molecule has 0 amide bonds. The van der Waals surface area contributed by atoms with Crippen LogP contribution in [-0.2, 0) is 0 Å². The number of hydrogen-bond donors (Lipinski definition) is 1. The van der Waals surface area contributed by atoms with Crippen molar-refractivity contribution in [2.45, 2.75) is 84.2 Å². The largest absolute Gasteiger partial charge is 0.393 e. The third-order valence-corrected chi connectivity index (χ3v) is 8.53. The van der Waals surface area contributed by atoms with Gasteiger partial charge in [-0.25, -0.2) is 0 Å². The fourth-order valence-electron chi connectivity index (χ4n) is 7.27. The zero-order chi connectivity index (χ0) is 14.0. The Balaban J connectivity index is 1.64. The number of fused-ring (bicyclic) bond motifs is 5. The molecule has 4 fully saturated rings. The highest BCUT2D eigenvalue weighted by Gasteiger charge is 2.59. The van der Waals surface area contributed by atoms with Crippen LogP contribution in [0, 0.1) is 34.5 Å². The molecule has 0 aromatic carbocycles. The average Bonchev–Trinajstić information content (AvgIpc) is 2.74. The monoisotopic (exact) mass is 276 g/mol. The van der Waals surface area contributed by atoms with Crippen LogP contribution in [0.3, 0.4) is 0 Å². The van der Waals surface area contributed by atoms with Gasteiger partial charge in [0, 0.05) is 0 Å². The maximum absolute atomic E-state index is 10.5. The average molecular weight is 276 g/mol. The summed E-state index contributed by atoms with van der Waals surface area (Å²) < 4.78 is 0. The van der Waals surface area contributed by atoms with Gasteiger partial charge in [0.2, 0.25) is 0 Å². The summed E-state index contributed by atoms with van der Waals surface area (Å²) in [5, 5.41) is 10.5. The van der Waals surface area contributed by atoms with E-state index < -0.39 is 0 Å². The zero-order valence-electron chi connectivity index (χ0n) is 13.4. The molecule has 1 heteroatoms. The SMILES string of the molecule is C[C@]12CC[C@H]3[C@@H](CC[C@@H]4CCCC[C@@]43C)[C@H]1CC[C@@H]2O. The molecule has 0 saturated heterocycles. The molecule has 20 heavy (non-hydrogen) atoms. The molecular weight excluding hydrogens is 244 g/mol. The van der Waals surface area contributed by atoms with E-state index in [1.807, 2.05) is 0 Å².